The number of hydrogen-bond acceptors (Lipinski definition) is 3. The van der Waals surface area contributed by atoms with Crippen LogP contribution in [0.25, 0.3) is 0 Å². The van der Waals surface area contributed by atoms with Gasteiger partial charge in [0.1, 0.15) is 0 Å². The molecule has 2 heterocycles. The number of rotatable bonds is 4. The number of ether oxygens (including phenoxy) is 2. The van der Waals surface area contributed by atoms with Gasteiger partial charge in [-0.3, -0.25) is 4.99 Å². The summed E-state index contributed by atoms with van der Waals surface area (Å²) in [6.45, 7) is 7.71. The lowest BCUT2D eigenvalue weighted by Gasteiger charge is -2.35. The van der Waals surface area contributed by atoms with Crippen molar-refractivity contribution in [2.45, 2.75) is 57.5 Å². The fourth-order valence-electron chi connectivity index (χ4n) is 4.46. The molecule has 1 N–H and O–H groups in total. The molecule has 3 fully saturated rings. The molecule has 3 rings (SSSR count). The summed E-state index contributed by atoms with van der Waals surface area (Å²) < 4.78 is 11.3. The van der Waals surface area contributed by atoms with Gasteiger partial charge in [0.15, 0.2) is 5.96 Å². The summed E-state index contributed by atoms with van der Waals surface area (Å²) >= 11 is 0. The van der Waals surface area contributed by atoms with Crippen molar-refractivity contribution in [2.24, 2.45) is 10.4 Å². The number of nitrogens with zero attached hydrogens (tertiary/aromatic N) is 2. The van der Waals surface area contributed by atoms with E-state index in [1.807, 2.05) is 7.11 Å². The van der Waals surface area contributed by atoms with E-state index in [4.69, 9.17) is 14.5 Å². The highest BCUT2D eigenvalue weighted by Crippen LogP contribution is 2.45. The van der Waals surface area contributed by atoms with E-state index in [0.717, 1.165) is 51.6 Å². The van der Waals surface area contributed by atoms with Crippen molar-refractivity contribution in [2.75, 3.05) is 46.5 Å². The number of methoxy groups -OCH3 is 1. The molecule has 6 heteroatoms. The molecule has 0 aromatic rings. The fraction of sp³-hybridized carbons (Fsp3) is 0.944. The number of halogens is 1. The Morgan fingerprint density at radius 1 is 1.17 bits per heavy atom. The standard InChI is InChI=1S/C18H33N3O2.HI/c1-3-19-16(20-14-18(22-2)9-12-23-13-10-18)21-11-8-17(15-21)6-4-5-7-17;/h3-15H2,1-2H3,(H,19,20);1H. The molecule has 0 bridgehead atoms. The lowest BCUT2D eigenvalue weighted by molar-refractivity contribution is -0.0829. The fourth-order valence-corrected chi connectivity index (χ4v) is 4.46. The molecule has 1 aliphatic carbocycles. The molecule has 0 atom stereocenters. The minimum Gasteiger partial charge on any atom is -0.381 e. The minimum atomic E-state index is -0.135. The van der Waals surface area contributed by atoms with E-state index in [9.17, 15) is 0 Å². The Labute approximate surface area is 164 Å². The molecule has 1 spiro atoms. The average molecular weight is 451 g/mol. The van der Waals surface area contributed by atoms with E-state index < -0.39 is 0 Å². The van der Waals surface area contributed by atoms with Crippen LogP contribution in [-0.2, 0) is 9.47 Å². The van der Waals surface area contributed by atoms with Crippen LogP contribution in [0, 0.1) is 5.41 Å². The van der Waals surface area contributed by atoms with Gasteiger partial charge in [-0.2, -0.15) is 0 Å². The van der Waals surface area contributed by atoms with Crippen LogP contribution in [0.2, 0.25) is 0 Å². The minimum absolute atomic E-state index is 0. The second-order valence-electron chi connectivity index (χ2n) is 7.55. The third kappa shape index (κ3) is 4.55. The molecule has 3 aliphatic rings. The molecule has 2 aliphatic heterocycles. The number of hydrogen-bond donors (Lipinski definition) is 1. The number of aliphatic imine (C=N–C) groups is 1. The van der Waals surface area contributed by atoms with E-state index >= 15 is 0 Å². The van der Waals surface area contributed by atoms with Gasteiger partial charge in [-0.05, 0) is 31.6 Å². The number of guanidine groups is 1. The third-order valence-corrected chi connectivity index (χ3v) is 6.09. The lowest BCUT2D eigenvalue weighted by Crippen LogP contribution is -2.45. The Balaban J connectivity index is 0.00000208. The van der Waals surface area contributed by atoms with E-state index in [1.54, 1.807) is 0 Å². The molecule has 140 valence electrons. The first-order chi connectivity index (χ1) is 11.2. The first-order valence-corrected chi connectivity index (χ1v) is 9.37. The van der Waals surface area contributed by atoms with Crippen LogP contribution in [0.3, 0.4) is 0 Å². The normalized spacial score (nSPS) is 25.8. The van der Waals surface area contributed by atoms with Crippen molar-refractivity contribution < 1.29 is 9.47 Å². The van der Waals surface area contributed by atoms with E-state index in [0.29, 0.717) is 5.41 Å². The van der Waals surface area contributed by atoms with Gasteiger partial charge < -0.3 is 19.7 Å². The highest BCUT2D eigenvalue weighted by molar-refractivity contribution is 14.0. The summed E-state index contributed by atoms with van der Waals surface area (Å²) in [5, 5.41) is 3.50. The second kappa shape index (κ2) is 9.03. The Bertz CT molecular complexity index is 418. The van der Waals surface area contributed by atoms with Crippen LogP contribution in [0.1, 0.15) is 51.9 Å². The van der Waals surface area contributed by atoms with Crippen molar-refractivity contribution in [3.05, 3.63) is 0 Å². The zero-order valence-corrected chi connectivity index (χ0v) is 17.6. The van der Waals surface area contributed by atoms with Crippen molar-refractivity contribution in [1.29, 1.82) is 0 Å². The highest BCUT2D eigenvalue weighted by Gasteiger charge is 2.41. The third-order valence-electron chi connectivity index (χ3n) is 6.09. The first-order valence-electron chi connectivity index (χ1n) is 9.37. The van der Waals surface area contributed by atoms with Gasteiger partial charge in [0, 0.05) is 52.8 Å². The lowest BCUT2D eigenvalue weighted by atomic mass is 9.86. The summed E-state index contributed by atoms with van der Waals surface area (Å²) in [4.78, 5) is 7.45. The zero-order chi connectivity index (χ0) is 16.2. The van der Waals surface area contributed by atoms with Crippen LogP contribution in [-0.4, -0.2) is 63.0 Å². The van der Waals surface area contributed by atoms with Crippen LogP contribution >= 0.6 is 24.0 Å². The Morgan fingerprint density at radius 2 is 1.88 bits per heavy atom. The van der Waals surface area contributed by atoms with Crippen molar-refractivity contribution in [1.82, 2.24) is 10.2 Å². The van der Waals surface area contributed by atoms with Gasteiger partial charge >= 0.3 is 0 Å². The molecular formula is C18H34IN3O2. The largest absolute Gasteiger partial charge is 0.381 e. The van der Waals surface area contributed by atoms with Crippen LogP contribution < -0.4 is 5.32 Å². The average Bonchev–Trinajstić information content (AvgIpc) is 3.23. The van der Waals surface area contributed by atoms with Crippen LogP contribution in [0.5, 0.6) is 0 Å². The summed E-state index contributed by atoms with van der Waals surface area (Å²) in [5.41, 5.74) is 0.442. The highest BCUT2D eigenvalue weighted by atomic mass is 127. The number of nitrogens with one attached hydrogen (secondary N) is 1. The topological polar surface area (TPSA) is 46.1 Å². The molecule has 5 nitrogen and oxygen atoms in total. The van der Waals surface area contributed by atoms with E-state index in [-0.39, 0.29) is 29.6 Å². The Kier molecular flexibility index (Phi) is 7.61. The van der Waals surface area contributed by atoms with Crippen molar-refractivity contribution >= 4 is 29.9 Å². The maximum absolute atomic E-state index is 5.83. The zero-order valence-electron chi connectivity index (χ0n) is 15.3. The molecule has 0 amide bonds. The molecule has 24 heavy (non-hydrogen) atoms. The summed E-state index contributed by atoms with van der Waals surface area (Å²) in [6, 6.07) is 0. The van der Waals surface area contributed by atoms with Gasteiger partial charge in [0.25, 0.3) is 0 Å². The molecule has 0 aromatic carbocycles. The van der Waals surface area contributed by atoms with Crippen LogP contribution in [0.4, 0.5) is 0 Å². The summed E-state index contributed by atoms with van der Waals surface area (Å²) in [7, 11) is 1.82. The van der Waals surface area contributed by atoms with Crippen molar-refractivity contribution in [3.8, 4) is 0 Å². The predicted molar refractivity (Wildman–Crippen MR) is 108 cm³/mol. The van der Waals surface area contributed by atoms with Crippen molar-refractivity contribution in [3.63, 3.8) is 0 Å². The van der Waals surface area contributed by atoms with Gasteiger partial charge in [0.2, 0.25) is 0 Å². The smallest absolute Gasteiger partial charge is 0.194 e. The molecule has 0 unspecified atom stereocenters. The maximum Gasteiger partial charge on any atom is 0.194 e. The van der Waals surface area contributed by atoms with E-state index in [1.165, 1.54) is 38.6 Å². The molecule has 0 radical (unpaired) electrons. The van der Waals surface area contributed by atoms with Gasteiger partial charge in [-0.1, -0.05) is 12.8 Å². The molecular weight excluding hydrogens is 417 g/mol. The molecule has 2 saturated heterocycles. The van der Waals surface area contributed by atoms with Gasteiger partial charge in [-0.25, -0.2) is 0 Å². The monoisotopic (exact) mass is 451 g/mol. The quantitative estimate of drug-likeness (QED) is 0.406. The maximum atomic E-state index is 5.83. The van der Waals surface area contributed by atoms with Gasteiger partial charge in [-0.15, -0.1) is 24.0 Å². The summed E-state index contributed by atoms with van der Waals surface area (Å²) in [5.74, 6) is 1.08. The van der Waals surface area contributed by atoms with E-state index in [2.05, 4.69) is 17.1 Å². The molecule has 1 saturated carbocycles. The SMILES string of the molecule is CCNC(=NCC1(OC)CCOCC1)N1CCC2(CCCC2)C1.I. The van der Waals surface area contributed by atoms with Gasteiger partial charge in [0.05, 0.1) is 12.1 Å². The first kappa shape index (κ1) is 20.2. The Hall–Kier alpha value is -0.0800. The Morgan fingerprint density at radius 3 is 2.50 bits per heavy atom. The van der Waals surface area contributed by atoms with Crippen LogP contribution in [0.15, 0.2) is 4.99 Å². The molecule has 0 aromatic heterocycles. The summed E-state index contributed by atoms with van der Waals surface area (Å²) in [6.07, 6.45) is 8.85. The number of likely N-dealkylation sites (tertiary alicyclic amines) is 1. The predicted octanol–water partition coefficient (Wildman–Crippen LogP) is 3.03. The second-order valence-corrected chi connectivity index (χ2v) is 7.55.